The Labute approximate surface area is 186 Å². The number of alkyl halides is 3. The van der Waals surface area contributed by atoms with Gasteiger partial charge in [-0.1, -0.05) is 18.2 Å². The van der Waals surface area contributed by atoms with E-state index in [1.807, 2.05) is 0 Å². The molecule has 3 N–H and O–H groups in total. The number of amides is 2. The molecule has 1 fully saturated rings. The highest BCUT2D eigenvalue weighted by Gasteiger charge is 2.37. The van der Waals surface area contributed by atoms with Crippen LogP contribution in [0.25, 0.3) is 5.52 Å². The molecule has 0 aliphatic carbocycles. The molecule has 8 nitrogen and oxygen atoms in total. The van der Waals surface area contributed by atoms with Crippen LogP contribution in [0.2, 0.25) is 0 Å². The number of nitrogens with one attached hydrogen (secondary N) is 2. The van der Waals surface area contributed by atoms with Crippen molar-refractivity contribution in [1.82, 2.24) is 20.2 Å². The quantitative estimate of drug-likeness (QED) is 0.399. The van der Waals surface area contributed by atoms with Crippen LogP contribution < -0.4 is 10.8 Å². The van der Waals surface area contributed by atoms with Crippen molar-refractivity contribution < 1.29 is 32.7 Å². The number of nitrogens with zero attached hydrogens (tertiary/aromatic N) is 2. The number of rotatable bonds is 5. The number of carbonyl (C=O) groups is 2. The van der Waals surface area contributed by atoms with Gasteiger partial charge in [0.1, 0.15) is 0 Å². The lowest BCUT2D eigenvalue weighted by Gasteiger charge is -2.30. The number of pyridine rings is 1. The molecule has 0 spiro atoms. The number of carbonyl (C=O) groups excluding carboxylic acids is 2. The van der Waals surface area contributed by atoms with Gasteiger partial charge in [0.15, 0.2) is 0 Å². The minimum absolute atomic E-state index is 0.0782. The van der Waals surface area contributed by atoms with Crippen LogP contribution in [0.4, 0.5) is 13.2 Å². The van der Waals surface area contributed by atoms with E-state index in [4.69, 9.17) is 9.94 Å². The van der Waals surface area contributed by atoms with Crippen molar-refractivity contribution in [3.05, 3.63) is 71.3 Å². The van der Waals surface area contributed by atoms with E-state index in [9.17, 15) is 22.8 Å². The van der Waals surface area contributed by atoms with Gasteiger partial charge in [-0.3, -0.25) is 19.2 Å². The van der Waals surface area contributed by atoms with E-state index in [0.29, 0.717) is 29.7 Å². The largest absolute Gasteiger partial charge is 0.450 e. The molecule has 1 aliphatic heterocycles. The van der Waals surface area contributed by atoms with Crippen molar-refractivity contribution >= 4 is 17.3 Å². The zero-order chi connectivity index (χ0) is 23.6. The first-order valence-electron chi connectivity index (χ1n) is 10.2. The summed E-state index contributed by atoms with van der Waals surface area (Å²) < 4.78 is 46.3. The predicted molar refractivity (Wildman–Crippen MR) is 110 cm³/mol. The summed E-state index contributed by atoms with van der Waals surface area (Å²) in [4.78, 5) is 28.3. The van der Waals surface area contributed by atoms with Gasteiger partial charge < -0.3 is 10.1 Å². The molecule has 2 aromatic heterocycles. The summed E-state index contributed by atoms with van der Waals surface area (Å²) in [7, 11) is 0. The Morgan fingerprint density at radius 3 is 2.64 bits per heavy atom. The van der Waals surface area contributed by atoms with Crippen molar-refractivity contribution in [2.45, 2.75) is 25.1 Å². The highest BCUT2D eigenvalue weighted by Crippen LogP contribution is 2.31. The summed E-state index contributed by atoms with van der Waals surface area (Å²) in [5.41, 5.74) is 3.24. The van der Waals surface area contributed by atoms with Crippen LogP contribution in [0.15, 0.2) is 48.7 Å². The number of imidazole rings is 1. The van der Waals surface area contributed by atoms with E-state index in [1.165, 1.54) is 12.3 Å². The average molecular weight is 462 g/mol. The fourth-order valence-corrected chi connectivity index (χ4v) is 3.90. The molecular formula is C22H21F3N4O4. The lowest BCUT2D eigenvalue weighted by atomic mass is 9.94. The first kappa shape index (κ1) is 22.7. The Kier molecular flexibility index (Phi) is 6.34. The summed E-state index contributed by atoms with van der Waals surface area (Å²) in [6.07, 6.45) is -2.69. The smallest absolute Gasteiger partial charge is 0.380 e. The number of aromatic nitrogens is 2. The van der Waals surface area contributed by atoms with Crippen molar-refractivity contribution in [3.63, 3.8) is 0 Å². The number of halogens is 3. The van der Waals surface area contributed by atoms with Crippen molar-refractivity contribution in [2.24, 2.45) is 5.92 Å². The molecule has 0 unspecified atom stereocenters. The fourth-order valence-electron chi connectivity index (χ4n) is 3.90. The number of benzene rings is 1. The minimum atomic E-state index is -4.58. The Hall–Kier alpha value is -3.44. The van der Waals surface area contributed by atoms with Crippen LogP contribution in [0.1, 0.15) is 33.9 Å². The number of fused-ring (bicyclic) bond motifs is 1. The Balaban J connectivity index is 1.49. The lowest BCUT2D eigenvalue weighted by Crippen LogP contribution is -2.51. The van der Waals surface area contributed by atoms with Gasteiger partial charge in [-0.05, 0) is 36.2 Å². The predicted octanol–water partition coefficient (Wildman–Crippen LogP) is 2.58. The third-order valence-corrected chi connectivity index (χ3v) is 5.59. The molecule has 1 aliphatic rings. The van der Waals surface area contributed by atoms with E-state index in [2.05, 4.69) is 10.3 Å². The first-order valence-corrected chi connectivity index (χ1v) is 10.2. The highest BCUT2D eigenvalue weighted by molar-refractivity contribution is 5.95. The molecular weight excluding hydrogens is 441 g/mol. The Morgan fingerprint density at radius 1 is 1.18 bits per heavy atom. The number of hydrogen-bond acceptors (Lipinski definition) is 5. The summed E-state index contributed by atoms with van der Waals surface area (Å²) in [6, 6.07) is 10.7. The van der Waals surface area contributed by atoms with Crippen LogP contribution in [0.5, 0.6) is 0 Å². The maximum absolute atomic E-state index is 13.3. The van der Waals surface area contributed by atoms with Gasteiger partial charge in [0, 0.05) is 30.8 Å². The molecule has 0 saturated carbocycles. The second-order valence-corrected chi connectivity index (χ2v) is 7.74. The molecule has 2 amide bonds. The summed E-state index contributed by atoms with van der Waals surface area (Å²) in [5, 5.41) is 11.7. The van der Waals surface area contributed by atoms with Gasteiger partial charge >= 0.3 is 6.18 Å². The SMILES string of the molecule is O=C(N[C@@H]1CCOC[C@@H]1C(=O)NO)c1ccc(Cc2nc(C(F)(F)F)n3ccccc23)cc1. The zero-order valence-electron chi connectivity index (χ0n) is 17.3. The van der Waals surface area contributed by atoms with Crippen molar-refractivity contribution in [1.29, 1.82) is 0 Å². The van der Waals surface area contributed by atoms with Crippen LogP contribution in [-0.2, 0) is 22.1 Å². The maximum atomic E-state index is 13.3. The Bertz CT molecular complexity index is 1160. The van der Waals surface area contributed by atoms with E-state index >= 15 is 0 Å². The maximum Gasteiger partial charge on any atom is 0.450 e. The number of hydrogen-bond donors (Lipinski definition) is 3. The third kappa shape index (κ3) is 4.83. The van der Waals surface area contributed by atoms with Crippen molar-refractivity contribution in [3.8, 4) is 0 Å². The lowest BCUT2D eigenvalue weighted by molar-refractivity contribution is -0.145. The summed E-state index contributed by atoms with van der Waals surface area (Å²) in [5.74, 6) is -2.75. The van der Waals surface area contributed by atoms with Gasteiger partial charge in [-0.25, -0.2) is 10.5 Å². The van der Waals surface area contributed by atoms with Crippen LogP contribution in [-0.4, -0.2) is 45.7 Å². The monoisotopic (exact) mass is 462 g/mol. The van der Waals surface area contributed by atoms with E-state index in [0.717, 1.165) is 4.40 Å². The molecule has 0 bridgehead atoms. The third-order valence-electron chi connectivity index (χ3n) is 5.59. The molecule has 33 heavy (non-hydrogen) atoms. The molecule has 0 radical (unpaired) electrons. The molecule has 11 heteroatoms. The summed E-state index contributed by atoms with van der Waals surface area (Å²) in [6.45, 7) is 0.451. The van der Waals surface area contributed by atoms with Crippen molar-refractivity contribution in [2.75, 3.05) is 13.2 Å². The molecule has 174 valence electrons. The van der Waals surface area contributed by atoms with Gasteiger partial charge in [0.2, 0.25) is 5.82 Å². The first-order chi connectivity index (χ1) is 15.8. The standard InChI is InChI=1S/C22H21F3N4O4/c23-22(24,25)21-27-17(18-3-1-2-9-29(18)21)11-13-4-6-14(7-5-13)19(30)26-16-8-10-33-12-15(16)20(31)28-32/h1-7,9,15-16,32H,8,10-12H2,(H,26,30)(H,28,31)/t15-,16+/m0/s1. The van der Waals surface area contributed by atoms with Crippen LogP contribution in [0.3, 0.4) is 0 Å². The Morgan fingerprint density at radius 2 is 1.94 bits per heavy atom. The zero-order valence-corrected chi connectivity index (χ0v) is 17.3. The molecule has 3 heterocycles. The van der Waals surface area contributed by atoms with Gasteiger partial charge in [-0.15, -0.1) is 0 Å². The normalized spacial score (nSPS) is 18.8. The second-order valence-electron chi connectivity index (χ2n) is 7.74. The molecule has 3 aromatic rings. The average Bonchev–Trinajstić information content (AvgIpc) is 3.18. The topological polar surface area (TPSA) is 105 Å². The molecule has 2 atom stereocenters. The highest BCUT2D eigenvalue weighted by atomic mass is 19.4. The molecule has 1 saturated heterocycles. The van der Waals surface area contributed by atoms with E-state index in [-0.39, 0.29) is 18.7 Å². The number of ether oxygens (including phenoxy) is 1. The van der Waals surface area contributed by atoms with Gasteiger partial charge in [-0.2, -0.15) is 13.2 Å². The number of hydroxylamine groups is 1. The minimum Gasteiger partial charge on any atom is -0.380 e. The van der Waals surface area contributed by atoms with E-state index in [1.54, 1.807) is 41.9 Å². The van der Waals surface area contributed by atoms with E-state index < -0.39 is 35.8 Å². The molecule has 1 aromatic carbocycles. The fraction of sp³-hybridized carbons (Fsp3) is 0.318. The summed E-state index contributed by atoms with van der Waals surface area (Å²) >= 11 is 0. The molecule has 4 rings (SSSR count). The van der Waals surface area contributed by atoms with Crippen LogP contribution in [0, 0.1) is 5.92 Å². The second kappa shape index (κ2) is 9.20. The van der Waals surface area contributed by atoms with Gasteiger partial charge in [0.05, 0.1) is 23.7 Å². The van der Waals surface area contributed by atoms with Gasteiger partial charge in [0.25, 0.3) is 11.8 Å². The van der Waals surface area contributed by atoms with Crippen LogP contribution >= 0.6 is 0 Å².